The number of halogens is 2. The molecular formula is C36H36Br2S6. The molecule has 44 heavy (non-hydrogen) atoms. The van der Waals surface area contributed by atoms with Crippen molar-refractivity contribution >= 4 is 99.9 Å². The van der Waals surface area contributed by atoms with Crippen LogP contribution in [0, 0.1) is 0 Å². The van der Waals surface area contributed by atoms with E-state index in [-0.39, 0.29) is 0 Å². The molecule has 0 saturated heterocycles. The van der Waals surface area contributed by atoms with Gasteiger partial charge in [-0.2, -0.15) is 0 Å². The van der Waals surface area contributed by atoms with Crippen LogP contribution < -0.4 is 0 Å². The SMILES string of the molecule is CCCCCCc1ccc(-c2ccc(-c3cc(-c4cc(-c5ccc(-c6ccc(CCCCCC)s6)s5)c(Br)s4)sc3Br)s2)s1. The third-order valence-electron chi connectivity index (χ3n) is 7.72. The second kappa shape index (κ2) is 15.8. The summed E-state index contributed by atoms with van der Waals surface area (Å²) in [5, 5.41) is 0. The van der Waals surface area contributed by atoms with Crippen LogP contribution in [0.2, 0.25) is 0 Å². The molecule has 6 heterocycles. The average molecular weight is 821 g/mol. The monoisotopic (exact) mass is 818 g/mol. The first-order valence-electron chi connectivity index (χ1n) is 15.5. The van der Waals surface area contributed by atoms with E-state index in [2.05, 4.69) is 106 Å². The summed E-state index contributed by atoms with van der Waals surface area (Å²) >= 11 is 19.2. The van der Waals surface area contributed by atoms with Crippen LogP contribution in [0.25, 0.3) is 50.1 Å². The smallest absolute Gasteiger partial charge is 0.0791 e. The first-order valence-corrected chi connectivity index (χ1v) is 22.0. The summed E-state index contributed by atoms with van der Waals surface area (Å²) in [6, 6.07) is 23.2. The molecule has 0 radical (unpaired) electrons. The van der Waals surface area contributed by atoms with Gasteiger partial charge in [0.2, 0.25) is 0 Å². The van der Waals surface area contributed by atoms with E-state index in [1.54, 1.807) is 0 Å². The normalized spacial score (nSPS) is 11.6. The minimum Gasteiger partial charge on any atom is -0.139 e. The Hall–Kier alpha value is -0.840. The molecule has 8 heteroatoms. The fourth-order valence-electron chi connectivity index (χ4n) is 5.29. The zero-order valence-corrected chi connectivity index (χ0v) is 33.1. The first kappa shape index (κ1) is 33.1. The van der Waals surface area contributed by atoms with Crippen molar-refractivity contribution in [1.29, 1.82) is 0 Å². The molecule has 0 N–H and O–H groups in total. The standard InChI is InChI=1S/C36H36Br2S6/c1-3-5-7-9-11-23-13-15-29(39-23)31-19-17-27(41-31)25-21-33(43-35(25)37)34-22-26(36(38)44-34)28-18-20-32(42-28)30-16-14-24(40-30)12-10-8-6-4-2/h13-22H,3-12H2,1-2H3. The highest BCUT2D eigenvalue weighted by Gasteiger charge is 2.18. The Morgan fingerprint density at radius 1 is 0.409 bits per heavy atom. The molecule has 6 aromatic heterocycles. The topological polar surface area (TPSA) is 0 Å². The predicted molar refractivity (Wildman–Crippen MR) is 212 cm³/mol. The lowest BCUT2D eigenvalue weighted by atomic mass is 10.1. The van der Waals surface area contributed by atoms with Gasteiger partial charge in [-0.25, -0.2) is 0 Å². The van der Waals surface area contributed by atoms with E-state index in [1.165, 1.54) is 132 Å². The molecule has 0 nitrogen and oxygen atoms in total. The van der Waals surface area contributed by atoms with Crippen molar-refractivity contribution in [2.75, 3.05) is 0 Å². The van der Waals surface area contributed by atoms with Crippen LogP contribution in [0.1, 0.15) is 75.0 Å². The van der Waals surface area contributed by atoms with Crippen molar-refractivity contribution in [3.8, 4) is 50.1 Å². The molecular weight excluding hydrogens is 785 g/mol. The molecule has 230 valence electrons. The molecule has 0 aliphatic heterocycles. The quantitative estimate of drug-likeness (QED) is 0.0906. The fourth-order valence-corrected chi connectivity index (χ4v) is 13.6. The van der Waals surface area contributed by atoms with Gasteiger partial charge >= 0.3 is 0 Å². The third-order valence-corrected chi connectivity index (χ3v) is 16.5. The number of rotatable bonds is 15. The van der Waals surface area contributed by atoms with Crippen LogP contribution in [0.15, 0.2) is 68.2 Å². The van der Waals surface area contributed by atoms with E-state index in [9.17, 15) is 0 Å². The van der Waals surface area contributed by atoms with E-state index in [0.717, 1.165) is 0 Å². The minimum absolute atomic E-state index is 1.20. The maximum atomic E-state index is 3.91. The van der Waals surface area contributed by atoms with Gasteiger partial charge in [0.15, 0.2) is 0 Å². The summed E-state index contributed by atoms with van der Waals surface area (Å²) in [6.45, 7) is 4.56. The second-order valence-corrected chi connectivity index (χ2v) is 20.3. The Morgan fingerprint density at radius 2 is 0.795 bits per heavy atom. The Balaban J connectivity index is 1.15. The van der Waals surface area contributed by atoms with Gasteiger partial charge in [0.25, 0.3) is 0 Å². The van der Waals surface area contributed by atoms with Crippen LogP contribution in [0.4, 0.5) is 0 Å². The molecule has 0 aliphatic carbocycles. The van der Waals surface area contributed by atoms with Crippen LogP contribution in [-0.4, -0.2) is 0 Å². The summed E-state index contributed by atoms with van der Waals surface area (Å²) in [5.74, 6) is 0. The number of unbranched alkanes of at least 4 members (excludes halogenated alkanes) is 6. The van der Waals surface area contributed by atoms with Crippen LogP contribution in [-0.2, 0) is 12.8 Å². The van der Waals surface area contributed by atoms with Crippen molar-refractivity contribution in [2.24, 2.45) is 0 Å². The molecule has 0 aliphatic rings. The maximum Gasteiger partial charge on any atom is 0.0791 e. The molecule has 0 unspecified atom stereocenters. The van der Waals surface area contributed by atoms with E-state index in [4.69, 9.17) is 0 Å². The minimum atomic E-state index is 1.20. The van der Waals surface area contributed by atoms with Crippen LogP contribution >= 0.6 is 99.9 Å². The van der Waals surface area contributed by atoms with Crippen LogP contribution in [0.5, 0.6) is 0 Å². The Bertz CT molecular complexity index is 1660. The van der Waals surface area contributed by atoms with Gasteiger partial charge in [-0.15, -0.1) is 68.0 Å². The van der Waals surface area contributed by atoms with Gasteiger partial charge in [0, 0.05) is 59.9 Å². The molecule has 6 rings (SSSR count). The van der Waals surface area contributed by atoms with Gasteiger partial charge in [0.05, 0.1) is 7.57 Å². The van der Waals surface area contributed by atoms with Crippen molar-refractivity contribution < 1.29 is 0 Å². The van der Waals surface area contributed by atoms with E-state index in [1.807, 2.05) is 68.0 Å². The molecule has 0 bridgehead atoms. The van der Waals surface area contributed by atoms with Crippen LogP contribution in [0.3, 0.4) is 0 Å². The zero-order valence-electron chi connectivity index (χ0n) is 25.0. The number of thiophene rings is 6. The molecule has 6 aromatic rings. The molecule has 0 spiro atoms. The zero-order chi connectivity index (χ0) is 30.5. The van der Waals surface area contributed by atoms with Crippen molar-refractivity contribution in [2.45, 2.75) is 78.1 Å². The second-order valence-electron chi connectivity index (χ2n) is 11.1. The van der Waals surface area contributed by atoms with E-state index < -0.39 is 0 Å². The van der Waals surface area contributed by atoms with E-state index in [0.29, 0.717) is 0 Å². The average Bonchev–Trinajstić information content (AvgIpc) is 3.84. The Morgan fingerprint density at radius 3 is 1.23 bits per heavy atom. The molecule has 0 saturated carbocycles. The number of hydrogen-bond donors (Lipinski definition) is 0. The number of hydrogen-bond acceptors (Lipinski definition) is 6. The van der Waals surface area contributed by atoms with Gasteiger partial charge < -0.3 is 0 Å². The van der Waals surface area contributed by atoms with Gasteiger partial charge in [0.1, 0.15) is 0 Å². The molecule has 0 amide bonds. The largest absolute Gasteiger partial charge is 0.139 e. The fraction of sp³-hybridized carbons (Fsp3) is 0.333. The van der Waals surface area contributed by atoms with Gasteiger partial charge in [-0.05, 0) is 118 Å². The summed E-state index contributed by atoms with van der Waals surface area (Å²) in [7, 11) is 0. The molecule has 0 aromatic carbocycles. The Kier molecular flexibility index (Phi) is 11.9. The Labute approximate surface area is 303 Å². The highest BCUT2D eigenvalue weighted by atomic mass is 79.9. The molecule has 0 atom stereocenters. The summed E-state index contributed by atoms with van der Waals surface area (Å²) in [6.07, 6.45) is 13.0. The first-order chi connectivity index (χ1) is 21.5. The summed E-state index contributed by atoms with van der Waals surface area (Å²) in [5.41, 5.74) is 2.59. The summed E-state index contributed by atoms with van der Waals surface area (Å²) < 4.78 is 2.41. The summed E-state index contributed by atoms with van der Waals surface area (Å²) in [4.78, 5) is 13.8. The lowest BCUT2D eigenvalue weighted by Gasteiger charge is -1.97. The maximum absolute atomic E-state index is 3.91. The van der Waals surface area contributed by atoms with E-state index >= 15 is 0 Å². The number of aryl methyl sites for hydroxylation is 2. The van der Waals surface area contributed by atoms with Gasteiger partial charge in [-0.1, -0.05) is 52.4 Å². The third kappa shape index (κ3) is 7.99. The molecule has 0 fully saturated rings. The highest BCUT2D eigenvalue weighted by molar-refractivity contribution is 9.11. The highest BCUT2D eigenvalue weighted by Crippen LogP contribution is 2.50. The lowest BCUT2D eigenvalue weighted by molar-refractivity contribution is 0.670. The van der Waals surface area contributed by atoms with Gasteiger partial charge in [-0.3, -0.25) is 0 Å². The van der Waals surface area contributed by atoms with Crippen molar-refractivity contribution in [3.63, 3.8) is 0 Å². The predicted octanol–water partition coefficient (Wildman–Crippen LogP) is 16.2. The lowest BCUT2D eigenvalue weighted by Crippen LogP contribution is -1.80. The van der Waals surface area contributed by atoms with Crippen molar-refractivity contribution in [3.05, 3.63) is 78.0 Å². The van der Waals surface area contributed by atoms with Crippen molar-refractivity contribution in [1.82, 2.24) is 0 Å².